The highest BCUT2D eigenvalue weighted by Crippen LogP contribution is 2.26. The monoisotopic (exact) mass is 295 g/mol. The van der Waals surface area contributed by atoms with Crippen molar-refractivity contribution in [3.05, 3.63) is 54.1 Å². The maximum Gasteiger partial charge on any atom is 0.124 e. The summed E-state index contributed by atoms with van der Waals surface area (Å²) in [6, 6.07) is 10.2. The first-order valence-electron chi connectivity index (χ1n) is 6.21. The molecule has 2 N–H and O–H groups in total. The molecule has 2 nitrogen and oxygen atoms in total. The molecule has 5 heteroatoms. The van der Waals surface area contributed by atoms with E-state index in [9.17, 15) is 8.78 Å². The molecule has 0 aromatic heterocycles. The van der Waals surface area contributed by atoms with Crippen LogP contribution in [0.4, 0.5) is 14.5 Å². The van der Waals surface area contributed by atoms with E-state index in [-0.39, 0.29) is 11.6 Å². The van der Waals surface area contributed by atoms with Crippen molar-refractivity contribution in [2.75, 3.05) is 18.1 Å². The van der Waals surface area contributed by atoms with Crippen LogP contribution in [0.25, 0.3) is 0 Å². The average Bonchev–Trinajstić information content (AvgIpc) is 2.44. The van der Waals surface area contributed by atoms with Gasteiger partial charge in [-0.05, 0) is 48.9 Å². The largest absolute Gasteiger partial charge is 0.494 e. The van der Waals surface area contributed by atoms with E-state index in [0.29, 0.717) is 18.0 Å². The van der Waals surface area contributed by atoms with E-state index < -0.39 is 0 Å². The number of thioether (sulfide) groups is 1. The number of rotatable bonds is 6. The third-order valence-corrected chi connectivity index (χ3v) is 3.76. The topological polar surface area (TPSA) is 35.2 Å². The van der Waals surface area contributed by atoms with Gasteiger partial charge >= 0.3 is 0 Å². The third kappa shape index (κ3) is 4.42. The molecule has 0 saturated carbocycles. The summed E-state index contributed by atoms with van der Waals surface area (Å²) < 4.78 is 31.2. The number of nitrogens with two attached hydrogens (primary N) is 1. The normalized spacial score (nSPS) is 10.5. The molecule has 0 aliphatic carbocycles. The summed E-state index contributed by atoms with van der Waals surface area (Å²) in [6.07, 6.45) is 0.790. The minimum Gasteiger partial charge on any atom is -0.494 e. The molecule has 2 aromatic rings. The number of halogens is 2. The lowest BCUT2D eigenvalue weighted by Crippen LogP contribution is -1.99. The quantitative estimate of drug-likeness (QED) is 0.495. The molecule has 2 rings (SSSR count). The Morgan fingerprint density at radius 2 is 1.70 bits per heavy atom. The Morgan fingerprint density at radius 3 is 2.45 bits per heavy atom. The second-order valence-electron chi connectivity index (χ2n) is 4.19. The SMILES string of the molecule is Nc1ccc(F)cc1SCCCOc1ccc(F)cc1. The van der Waals surface area contributed by atoms with Gasteiger partial charge in [0.2, 0.25) is 0 Å². The van der Waals surface area contributed by atoms with Crippen LogP contribution in [0.15, 0.2) is 47.4 Å². The summed E-state index contributed by atoms with van der Waals surface area (Å²) in [4.78, 5) is 0.742. The van der Waals surface area contributed by atoms with Crippen LogP contribution in [0.1, 0.15) is 6.42 Å². The Bertz CT molecular complexity index is 560. The number of nitrogen functional groups attached to an aromatic ring is 1. The Labute approximate surface area is 120 Å². The van der Waals surface area contributed by atoms with E-state index in [2.05, 4.69) is 0 Å². The van der Waals surface area contributed by atoms with Crippen molar-refractivity contribution < 1.29 is 13.5 Å². The fraction of sp³-hybridized carbons (Fsp3) is 0.200. The molecule has 20 heavy (non-hydrogen) atoms. The summed E-state index contributed by atoms with van der Waals surface area (Å²) in [5, 5.41) is 0. The van der Waals surface area contributed by atoms with E-state index in [1.807, 2.05) is 0 Å². The number of anilines is 1. The van der Waals surface area contributed by atoms with Crippen LogP contribution in [0.3, 0.4) is 0 Å². The highest BCUT2D eigenvalue weighted by Gasteiger charge is 2.02. The van der Waals surface area contributed by atoms with E-state index in [0.717, 1.165) is 17.1 Å². The molecule has 0 saturated heterocycles. The summed E-state index contributed by atoms with van der Waals surface area (Å²) >= 11 is 1.49. The van der Waals surface area contributed by atoms with Crippen molar-refractivity contribution in [2.24, 2.45) is 0 Å². The molecule has 0 atom stereocenters. The van der Waals surface area contributed by atoms with Gasteiger partial charge in [0, 0.05) is 16.3 Å². The van der Waals surface area contributed by atoms with Gasteiger partial charge in [0.05, 0.1) is 6.61 Å². The van der Waals surface area contributed by atoms with Gasteiger partial charge in [-0.25, -0.2) is 8.78 Å². The fourth-order valence-corrected chi connectivity index (χ4v) is 2.51. The van der Waals surface area contributed by atoms with Crippen LogP contribution in [-0.2, 0) is 0 Å². The fourth-order valence-electron chi connectivity index (χ4n) is 1.60. The van der Waals surface area contributed by atoms with Gasteiger partial charge in [0.25, 0.3) is 0 Å². The second-order valence-corrected chi connectivity index (χ2v) is 5.32. The van der Waals surface area contributed by atoms with Gasteiger partial charge in [0.15, 0.2) is 0 Å². The van der Waals surface area contributed by atoms with Crippen molar-refractivity contribution in [1.82, 2.24) is 0 Å². The summed E-state index contributed by atoms with van der Waals surface area (Å²) in [5.74, 6) is 0.842. The van der Waals surface area contributed by atoms with Crippen LogP contribution in [-0.4, -0.2) is 12.4 Å². The zero-order valence-electron chi connectivity index (χ0n) is 10.8. The van der Waals surface area contributed by atoms with Crippen molar-refractivity contribution >= 4 is 17.4 Å². The molecule has 0 spiro atoms. The predicted octanol–water partition coefficient (Wildman–Crippen LogP) is 4.11. The molecular weight excluding hydrogens is 280 g/mol. The van der Waals surface area contributed by atoms with Crippen LogP contribution in [0, 0.1) is 11.6 Å². The molecule has 0 unspecified atom stereocenters. The van der Waals surface area contributed by atoms with Gasteiger partial charge in [-0.15, -0.1) is 11.8 Å². The van der Waals surface area contributed by atoms with Gasteiger partial charge in [-0.1, -0.05) is 0 Å². The summed E-state index contributed by atoms with van der Waals surface area (Å²) in [5.41, 5.74) is 6.33. The zero-order valence-corrected chi connectivity index (χ0v) is 11.6. The minimum atomic E-state index is -0.288. The summed E-state index contributed by atoms with van der Waals surface area (Å²) in [6.45, 7) is 0.522. The van der Waals surface area contributed by atoms with Crippen LogP contribution < -0.4 is 10.5 Å². The maximum atomic E-state index is 13.1. The number of hydrogen-bond donors (Lipinski definition) is 1. The Hall–Kier alpha value is -1.75. The highest BCUT2D eigenvalue weighted by atomic mass is 32.2. The lowest BCUT2D eigenvalue weighted by atomic mass is 10.3. The molecule has 0 aliphatic rings. The van der Waals surface area contributed by atoms with Crippen molar-refractivity contribution in [1.29, 1.82) is 0 Å². The zero-order chi connectivity index (χ0) is 14.4. The smallest absolute Gasteiger partial charge is 0.124 e. The predicted molar refractivity (Wildman–Crippen MR) is 78.0 cm³/mol. The molecular formula is C15H15F2NOS. The Kier molecular flexibility index (Phi) is 5.24. The molecule has 0 fully saturated rings. The van der Waals surface area contributed by atoms with Gasteiger partial charge in [-0.3, -0.25) is 0 Å². The van der Waals surface area contributed by atoms with E-state index in [1.165, 1.54) is 36.0 Å². The second kappa shape index (κ2) is 7.14. The highest BCUT2D eigenvalue weighted by molar-refractivity contribution is 7.99. The number of hydrogen-bond acceptors (Lipinski definition) is 3. The first-order chi connectivity index (χ1) is 9.65. The first kappa shape index (κ1) is 14.7. The van der Waals surface area contributed by atoms with Crippen LogP contribution in [0.2, 0.25) is 0 Å². The van der Waals surface area contributed by atoms with Gasteiger partial charge < -0.3 is 10.5 Å². The Balaban J connectivity index is 1.71. The molecule has 0 radical (unpaired) electrons. The molecule has 0 aliphatic heterocycles. The lowest BCUT2D eigenvalue weighted by Gasteiger charge is -2.07. The first-order valence-corrected chi connectivity index (χ1v) is 7.20. The van der Waals surface area contributed by atoms with Crippen molar-refractivity contribution in [3.8, 4) is 5.75 Å². The molecule has 2 aromatic carbocycles. The van der Waals surface area contributed by atoms with Gasteiger partial charge in [-0.2, -0.15) is 0 Å². The van der Waals surface area contributed by atoms with Crippen molar-refractivity contribution in [2.45, 2.75) is 11.3 Å². The van der Waals surface area contributed by atoms with Crippen molar-refractivity contribution in [3.63, 3.8) is 0 Å². The molecule has 0 heterocycles. The number of benzene rings is 2. The molecule has 0 bridgehead atoms. The van der Waals surface area contributed by atoms with E-state index >= 15 is 0 Å². The molecule has 0 amide bonds. The van der Waals surface area contributed by atoms with E-state index in [4.69, 9.17) is 10.5 Å². The Morgan fingerprint density at radius 1 is 1.00 bits per heavy atom. The standard InChI is InChI=1S/C15H15F2NOS/c16-11-2-5-13(6-3-11)19-8-1-9-20-15-10-12(17)4-7-14(15)18/h2-7,10H,1,8-9,18H2. The number of ether oxygens (including phenoxy) is 1. The van der Waals surface area contributed by atoms with Crippen LogP contribution in [0.5, 0.6) is 5.75 Å². The molecule has 106 valence electrons. The average molecular weight is 295 g/mol. The maximum absolute atomic E-state index is 13.1. The van der Waals surface area contributed by atoms with E-state index in [1.54, 1.807) is 18.2 Å². The third-order valence-electron chi connectivity index (χ3n) is 2.60. The van der Waals surface area contributed by atoms with Crippen LogP contribution >= 0.6 is 11.8 Å². The summed E-state index contributed by atoms with van der Waals surface area (Å²) in [7, 11) is 0. The van der Waals surface area contributed by atoms with Gasteiger partial charge in [0.1, 0.15) is 17.4 Å². The minimum absolute atomic E-state index is 0.283. The lowest BCUT2D eigenvalue weighted by molar-refractivity contribution is 0.318.